The molecule has 0 atom stereocenters. The number of hydrazone groups is 1. The molecule has 1 N–H and O–H groups in total. The number of rotatable bonds is 5. The van der Waals surface area contributed by atoms with Crippen LogP contribution in [0.25, 0.3) is 22.6 Å². The van der Waals surface area contributed by atoms with E-state index in [0.29, 0.717) is 11.6 Å². The van der Waals surface area contributed by atoms with Crippen molar-refractivity contribution < 1.29 is 0 Å². The summed E-state index contributed by atoms with van der Waals surface area (Å²) in [5.74, 6) is 1.32. The third kappa shape index (κ3) is 4.13. The normalized spacial score (nSPS) is 11.2. The first-order valence-corrected chi connectivity index (χ1v) is 9.15. The highest BCUT2D eigenvalue weighted by Gasteiger charge is 2.08. The van der Waals surface area contributed by atoms with Gasteiger partial charge in [-0.1, -0.05) is 91.0 Å². The lowest BCUT2D eigenvalue weighted by Gasteiger charge is -2.09. The summed E-state index contributed by atoms with van der Waals surface area (Å²) in [6, 6.07) is 32.0. The van der Waals surface area contributed by atoms with E-state index in [1.165, 1.54) is 0 Å². The van der Waals surface area contributed by atoms with Crippen LogP contribution >= 0.6 is 0 Å². The molecule has 0 amide bonds. The summed E-state index contributed by atoms with van der Waals surface area (Å²) < 4.78 is 0. The Morgan fingerprint density at radius 1 is 0.714 bits per heavy atom. The van der Waals surface area contributed by atoms with Gasteiger partial charge in [0, 0.05) is 17.2 Å². The van der Waals surface area contributed by atoms with Gasteiger partial charge in [0.2, 0.25) is 0 Å². The second kappa shape index (κ2) is 8.27. The Morgan fingerprint density at radius 3 is 1.93 bits per heavy atom. The average molecular weight is 364 g/mol. The van der Waals surface area contributed by atoms with Crippen molar-refractivity contribution in [1.29, 1.82) is 0 Å². The predicted octanol–water partition coefficient (Wildman–Crippen LogP) is 5.65. The topological polar surface area (TPSA) is 50.2 Å². The van der Waals surface area contributed by atoms with Crippen molar-refractivity contribution in [3.05, 3.63) is 103 Å². The number of nitrogens with zero attached hydrogens (tertiary/aromatic N) is 3. The summed E-state index contributed by atoms with van der Waals surface area (Å²) in [7, 11) is 0. The third-order valence-corrected chi connectivity index (χ3v) is 4.36. The SMILES string of the molecule is C/C(=N\Nc1cc(-c2ccccc2)nc(-c2ccccc2)n1)c1ccccc1. The fraction of sp³-hybridized carbons (Fsp3) is 0.0417. The Labute approximate surface area is 164 Å². The summed E-state index contributed by atoms with van der Waals surface area (Å²) in [5, 5.41) is 4.51. The zero-order valence-corrected chi connectivity index (χ0v) is 15.6. The summed E-state index contributed by atoms with van der Waals surface area (Å²) in [5.41, 5.74) is 7.91. The predicted molar refractivity (Wildman–Crippen MR) is 115 cm³/mol. The highest BCUT2D eigenvalue weighted by atomic mass is 15.3. The number of hydrogen-bond donors (Lipinski definition) is 1. The molecule has 0 fully saturated rings. The molecule has 0 saturated carbocycles. The van der Waals surface area contributed by atoms with Crippen molar-refractivity contribution in [3.63, 3.8) is 0 Å². The number of benzene rings is 3. The first kappa shape index (κ1) is 17.6. The molecule has 136 valence electrons. The first-order chi connectivity index (χ1) is 13.8. The van der Waals surface area contributed by atoms with Gasteiger partial charge in [0.25, 0.3) is 0 Å². The smallest absolute Gasteiger partial charge is 0.162 e. The highest BCUT2D eigenvalue weighted by Crippen LogP contribution is 2.24. The summed E-state index contributed by atoms with van der Waals surface area (Å²) in [4.78, 5) is 9.43. The number of anilines is 1. The molecule has 4 rings (SSSR count). The van der Waals surface area contributed by atoms with Crippen molar-refractivity contribution in [1.82, 2.24) is 9.97 Å². The van der Waals surface area contributed by atoms with Crippen molar-refractivity contribution in [2.24, 2.45) is 5.10 Å². The quantitative estimate of drug-likeness (QED) is 0.368. The van der Waals surface area contributed by atoms with E-state index in [1.54, 1.807) is 0 Å². The fourth-order valence-electron chi connectivity index (χ4n) is 2.86. The lowest BCUT2D eigenvalue weighted by atomic mass is 10.1. The van der Waals surface area contributed by atoms with Crippen LogP contribution in [0, 0.1) is 0 Å². The zero-order valence-electron chi connectivity index (χ0n) is 15.6. The molecule has 0 aliphatic carbocycles. The summed E-state index contributed by atoms with van der Waals surface area (Å²) in [6.07, 6.45) is 0. The molecule has 0 aliphatic rings. The third-order valence-electron chi connectivity index (χ3n) is 4.36. The Balaban J connectivity index is 1.72. The van der Waals surface area contributed by atoms with Crippen LogP contribution in [0.1, 0.15) is 12.5 Å². The van der Waals surface area contributed by atoms with E-state index in [4.69, 9.17) is 4.98 Å². The minimum absolute atomic E-state index is 0.656. The van der Waals surface area contributed by atoms with E-state index in [0.717, 1.165) is 28.1 Å². The Morgan fingerprint density at radius 2 is 1.29 bits per heavy atom. The van der Waals surface area contributed by atoms with Crippen molar-refractivity contribution in [3.8, 4) is 22.6 Å². The molecule has 1 aromatic heterocycles. The van der Waals surface area contributed by atoms with Gasteiger partial charge in [-0.3, -0.25) is 5.43 Å². The van der Waals surface area contributed by atoms with E-state index >= 15 is 0 Å². The maximum absolute atomic E-state index is 4.76. The van der Waals surface area contributed by atoms with E-state index in [-0.39, 0.29) is 0 Å². The van der Waals surface area contributed by atoms with Gasteiger partial charge in [0.05, 0.1) is 11.4 Å². The van der Waals surface area contributed by atoms with E-state index in [1.807, 2.05) is 104 Å². The van der Waals surface area contributed by atoms with Crippen molar-refractivity contribution >= 4 is 11.5 Å². The highest BCUT2D eigenvalue weighted by molar-refractivity contribution is 5.99. The van der Waals surface area contributed by atoms with Crippen molar-refractivity contribution in [2.75, 3.05) is 5.43 Å². The lowest BCUT2D eigenvalue weighted by molar-refractivity contribution is 1.15. The lowest BCUT2D eigenvalue weighted by Crippen LogP contribution is -2.02. The standard InChI is InChI=1S/C24H20N4/c1-18(19-11-5-2-6-12-19)27-28-23-17-22(20-13-7-3-8-14-20)25-24(26-23)21-15-9-4-10-16-21/h2-17H,1H3,(H,25,26,28)/b27-18+. The molecule has 0 unspecified atom stereocenters. The van der Waals surface area contributed by atoms with Gasteiger partial charge in [-0.25, -0.2) is 9.97 Å². The van der Waals surface area contributed by atoms with E-state index < -0.39 is 0 Å². The number of aromatic nitrogens is 2. The molecular formula is C24H20N4. The molecular weight excluding hydrogens is 344 g/mol. The molecule has 1 heterocycles. The van der Waals surface area contributed by atoms with Gasteiger partial charge >= 0.3 is 0 Å². The van der Waals surface area contributed by atoms with Crippen LogP contribution in [0.15, 0.2) is 102 Å². The van der Waals surface area contributed by atoms with E-state index in [2.05, 4.69) is 15.5 Å². The molecule has 0 radical (unpaired) electrons. The number of hydrogen-bond acceptors (Lipinski definition) is 4. The second-order valence-electron chi connectivity index (χ2n) is 6.37. The largest absolute Gasteiger partial charge is 0.261 e. The van der Waals surface area contributed by atoms with Crippen LogP contribution in [0.5, 0.6) is 0 Å². The molecule has 0 aliphatic heterocycles. The van der Waals surface area contributed by atoms with Gasteiger partial charge in [0.1, 0.15) is 0 Å². The molecule has 4 aromatic rings. The molecule has 3 aromatic carbocycles. The molecule has 0 spiro atoms. The minimum Gasteiger partial charge on any atom is -0.261 e. The van der Waals surface area contributed by atoms with Gasteiger partial charge in [-0.05, 0) is 12.5 Å². The molecule has 0 saturated heterocycles. The van der Waals surface area contributed by atoms with Crippen LogP contribution < -0.4 is 5.43 Å². The second-order valence-corrected chi connectivity index (χ2v) is 6.37. The maximum Gasteiger partial charge on any atom is 0.162 e. The van der Waals surface area contributed by atoms with Crippen molar-refractivity contribution in [2.45, 2.75) is 6.92 Å². The van der Waals surface area contributed by atoms with Crippen LogP contribution in [0.3, 0.4) is 0 Å². The Bertz CT molecular complexity index is 1020. The van der Waals surface area contributed by atoms with Gasteiger partial charge in [0.15, 0.2) is 11.6 Å². The minimum atomic E-state index is 0.656. The Kier molecular flexibility index (Phi) is 5.20. The summed E-state index contributed by atoms with van der Waals surface area (Å²) >= 11 is 0. The molecule has 0 bridgehead atoms. The zero-order chi connectivity index (χ0) is 19.2. The average Bonchev–Trinajstić information content (AvgIpc) is 2.79. The van der Waals surface area contributed by atoms with Crippen LogP contribution in [-0.4, -0.2) is 15.7 Å². The molecule has 28 heavy (non-hydrogen) atoms. The maximum atomic E-state index is 4.76. The molecule has 4 heteroatoms. The summed E-state index contributed by atoms with van der Waals surface area (Å²) in [6.45, 7) is 1.97. The fourth-order valence-corrected chi connectivity index (χ4v) is 2.86. The van der Waals surface area contributed by atoms with Crippen LogP contribution in [-0.2, 0) is 0 Å². The number of nitrogens with one attached hydrogen (secondary N) is 1. The van der Waals surface area contributed by atoms with E-state index in [9.17, 15) is 0 Å². The van der Waals surface area contributed by atoms with Gasteiger partial charge in [-0.15, -0.1) is 0 Å². The van der Waals surface area contributed by atoms with Gasteiger partial charge < -0.3 is 0 Å². The monoisotopic (exact) mass is 364 g/mol. The van der Waals surface area contributed by atoms with Crippen LogP contribution in [0.2, 0.25) is 0 Å². The van der Waals surface area contributed by atoms with Gasteiger partial charge in [-0.2, -0.15) is 5.10 Å². The van der Waals surface area contributed by atoms with Crippen LogP contribution in [0.4, 0.5) is 5.82 Å². The molecule has 4 nitrogen and oxygen atoms in total. The first-order valence-electron chi connectivity index (χ1n) is 9.15. The Hall–Kier alpha value is -3.79.